The third-order valence-electron chi connectivity index (χ3n) is 1.72. The number of nitrogens with two attached hydrogens (primary N) is 2. The molecule has 17 heavy (non-hydrogen) atoms. The van der Waals surface area contributed by atoms with E-state index in [1.165, 1.54) is 0 Å². The molecule has 0 unspecified atom stereocenters. The van der Waals surface area contributed by atoms with Crippen molar-refractivity contribution in [1.29, 1.82) is 0 Å². The van der Waals surface area contributed by atoms with E-state index in [9.17, 15) is 4.79 Å². The molecule has 0 heterocycles. The summed E-state index contributed by atoms with van der Waals surface area (Å²) in [5.74, 6) is 3.94. The Morgan fingerprint density at radius 3 is 2.47 bits per heavy atom. The van der Waals surface area contributed by atoms with Gasteiger partial charge in [0.1, 0.15) is 10.7 Å². The maximum absolute atomic E-state index is 10.7. The molecule has 0 radical (unpaired) electrons. The van der Waals surface area contributed by atoms with Gasteiger partial charge in [-0.1, -0.05) is 35.0 Å². The first-order chi connectivity index (χ1) is 7.95. The van der Waals surface area contributed by atoms with Gasteiger partial charge in [0.05, 0.1) is 10.0 Å². The van der Waals surface area contributed by atoms with Crippen LogP contribution in [-0.2, 0) is 4.79 Å². The number of hydrogen-bond donors (Lipinski definition) is 4. The Morgan fingerprint density at radius 2 is 2.00 bits per heavy atom. The predicted molar refractivity (Wildman–Crippen MR) is 68.5 cm³/mol. The monoisotopic (exact) mass is 293 g/mol. The van der Waals surface area contributed by atoms with Crippen LogP contribution in [0.1, 0.15) is 0 Å². The van der Waals surface area contributed by atoms with Gasteiger partial charge in [0, 0.05) is 4.90 Å². The summed E-state index contributed by atoms with van der Waals surface area (Å²) in [7, 11) is 0. The van der Waals surface area contributed by atoms with Crippen LogP contribution < -0.4 is 17.0 Å². The molecule has 0 fully saturated rings. The van der Waals surface area contributed by atoms with Crippen LogP contribution in [0.3, 0.4) is 0 Å². The molecule has 0 amide bonds. The Kier molecular flexibility index (Phi) is 4.95. The zero-order valence-electron chi connectivity index (χ0n) is 8.41. The number of carboxylic acid groups (broad SMARTS) is 1. The molecule has 0 atom stereocenters. The minimum Gasteiger partial charge on any atom is -0.477 e. The summed E-state index contributed by atoms with van der Waals surface area (Å²) in [5.41, 5.74) is 7.20. The van der Waals surface area contributed by atoms with Crippen LogP contribution >= 0.6 is 35.0 Å². The number of hydrazine groups is 1. The summed E-state index contributed by atoms with van der Waals surface area (Å²) >= 11 is 12.6. The number of hydrogen-bond acceptors (Lipinski definition) is 5. The number of halogens is 2. The van der Waals surface area contributed by atoms with Gasteiger partial charge in [-0.25, -0.2) is 10.6 Å². The van der Waals surface area contributed by atoms with Crippen LogP contribution in [0.4, 0.5) is 0 Å². The first-order valence-electron chi connectivity index (χ1n) is 4.28. The molecule has 1 aromatic rings. The van der Waals surface area contributed by atoms with Crippen molar-refractivity contribution in [2.75, 3.05) is 0 Å². The van der Waals surface area contributed by atoms with Gasteiger partial charge in [0.15, 0.2) is 0 Å². The quantitative estimate of drug-likeness (QED) is 0.292. The molecule has 1 rings (SSSR count). The molecule has 8 heteroatoms. The highest BCUT2D eigenvalue weighted by atomic mass is 35.5. The minimum absolute atomic E-state index is 0.121. The maximum Gasteiger partial charge on any atom is 0.354 e. The van der Waals surface area contributed by atoms with E-state index in [1.807, 2.05) is 0 Å². The summed E-state index contributed by atoms with van der Waals surface area (Å²) in [5, 5.41) is 9.62. The Morgan fingerprint density at radius 1 is 1.35 bits per heavy atom. The molecular formula is C9H9Cl2N3O2S. The Bertz CT molecular complexity index is 479. The number of aliphatic carboxylic acids is 1. The van der Waals surface area contributed by atoms with Gasteiger partial charge in [-0.15, -0.1) is 0 Å². The van der Waals surface area contributed by atoms with Crippen molar-refractivity contribution in [3.8, 4) is 0 Å². The molecule has 0 aliphatic heterocycles. The first-order valence-corrected chi connectivity index (χ1v) is 5.85. The molecule has 0 aliphatic carbocycles. The van der Waals surface area contributed by atoms with Crippen LogP contribution in [0.25, 0.3) is 0 Å². The van der Waals surface area contributed by atoms with Gasteiger partial charge < -0.3 is 16.3 Å². The van der Waals surface area contributed by atoms with Crippen molar-refractivity contribution in [1.82, 2.24) is 5.43 Å². The van der Waals surface area contributed by atoms with Gasteiger partial charge in [0.2, 0.25) is 0 Å². The zero-order chi connectivity index (χ0) is 13.0. The van der Waals surface area contributed by atoms with Crippen LogP contribution in [0, 0.1) is 0 Å². The second-order valence-corrected chi connectivity index (χ2v) is 4.77. The van der Waals surface area contributed by atoms with E-state index in [4.69, 9.17) is 39.9 Å². The number of rotatable bonds is 4. The standard InChI is InChI=1S/C9H9Cl2N3O2S/c10-5-2-1-4(3-6(5)11)17-8(14-13)7(12)9(15)16/h1-3,14H,12-13H2,(H,15,16)/b8-7+. The summed E-state index contributed by atoms with van der Waals surface area (Å²) in [4.78, 5) is 11.3. The number of carboxylic acids is 1. The average molecular weight is 294 g/mol. The normalized spacial score (nSPS) is 11.9. The number of thioether (sulfide) groups is 1. The summed E-state index contributed by atoms with van der Waals surface area (Å²) < 4.78 is 0. The lowest BCUT2D eigenvalue weighted by Crippen LogP contribution is -2.26. The van der Waals surface area contributed by atoms with E-state index in [0.717, 1.165) is 11.8 Å². The molecular weight excluding hydrogens is 285 g/mol. The largest absolute Gasteiger partial charge is 0.477 e. The van der Waals surface area contributed by atoms with E-state index >= 15 is 0 Å². The van der Waals surface area contributed by atoms with Gasteiger partial charge in [0.25, 0.3) is 0 Å². The highest BCUT2D eigenvalue weighted by molar-refractivity contribution is 8.03. The van der Waals surface area contributed by atoms with Crippen LogP contribution in [0.15, 0.2) is 33.8 Å². The SMILES string of the molecule is NN/C(Sc1ccc(Cl)c(Cl)c1)=C(\N)C(=O)O. The van der Waals surface area contributed by atoms with Gasteiger partial charge >= 0.3 is 5.97 Å². The van der Waals surface area contributed by atoms with E-state index in [1.54, 1.807) is 18.2 Å². The predicted octanol–water partition coefficient (Wildman–Crippen LogP) is 1.76. The molecule has 1 aromatic carbocycles. The van der Waals surface area contributed by atoms with Crippen molar-refractivity contribution in [3.63, 3.8) is 0 Å². The molecule has 0 saturated heterocycles. The van der Waals surface area contributed by atoms with Crippen molar-refractivity contribution >= 4 is 40.9 Å². The zero-order valence-corrected chi connectivity index (χ0v) is 10.7. The van der Waals surface area contributed by atoms with E-state index < -0.39 is 5.97 Å². The lowest BCUT2D eigenvalue weighted by atomic mass is 10.4. The van der Waals surface area contributed by atoms with Crippen molar-refractivity contribution in [3.05, 3.63) is 39.0 Å². The topological polar surface area (TPSA) is 101 Å². The maximum atomic E-state index is 10.7. The van der Waals surface area contributed by atoms with Gasteiger partial charge in [-0.2, -0.15) is 0 Å². The van der Waals surface area contributed by atoms with E-state index in [0.29, 0.717) is 14.9 Å². The highest BCUT2D eigenvalue weighted by Crippen LogP contribution is 2.31. The van der Waals surface area contributed by atoms with Crippen molar-refractivity contribution < 1.29 is 9.90 Å². The Hall–Kier alpha value is -1.08. The summed E-state index contributed by atoms with van der Waals surface area (Å²) in [6, 6.07) is 4.85. The summed E-state index contributed by atoms with van der Waals surface area (Å²) in [6.45, 7) is 0. The third kappa shape index (κ3) is 3.71. The molecule has 0 aliphatic rings. The fourth-order valence-corrected chi connectivity index (χ4v) is 2.09. The van der Waals surface area contributed by atoms with E-state index in [-0.39, 0.29) is 10.7 Å². The average Bonchev–Trinajstić information content (AvgIpc) is 2.29. The molecule has 0 saturated carbocycles. The van der Waals surface area contributed by atoms with Gasteiger partial charge in [-0.05, 0) is 18.2 Å². The van der Waals surface area contributed by atoms with Crippen LogP contribution in [0.5, 0.6) is 0 Å². The number of carbonyl (C=O) groups is 1. The fourth-order valence-electron chi connectivity index (χ4n) is 0.918. The molecule has 0 spiro atoms. The molecule has 6 N–H and O–H groups in total. The molecule has 92 valence electrons. The van der Waals surface area contributed by atoms with Crippen molar-refractivity contribution in [2.24, 2.45) is 11.6 Å². The lowest BCUT2D eigenvalue weighted by Gasteiger charge is -2.08. The minimum atomic E-state index is -1.26. The fraction of sp³-hybridized carbons (Fsp3) is 0. The molecule has 0 aromatic heterocycles. The second kappa shape index (κ2) is 6.02. The Balaban J connectivity index is 3.00. The number of benzene rings is 1. The van der Waals surface area contributed by atoms with Gasteiger partial charge in [-0.3, -0.25) is 0 Å². The second-order valence-electron chi connectivity index (χ2n) is 2.87. The smallest absolute Gasteiger partial charge is 0.354 e. The number of nitrogens with one attached hydrogen (secondary N) is 1. The first kappa shape index (κ1) is 14.0. The van der Waals surface area contributed by atoms with E-state index in [2.05, 4.69) is 5.43 Å². The summed E-state index contributed by atoms with van der Waals surface area (Å²) in [6.07, 6.45) is 0. The molecule has 5 nitrogen and oxygen atoms in total. The highest BCUT2D eigenvalue weighted by Gasteiger charge is 2.11. The lowest BCUT2D eigenvalue weighted by molar-refractivity contribution is -0.132. The third-order valence-corrected chi connectivity index (χ3v) is 3.49. The van der Waals surface area contributed by atoms with Crippen LogP contribution in [-0.4, -0.2) is 11.1 Å². The van der Waals surface area contributed by atoms with Crippen LogP contribution in [0.2, 0.25) is 10.0 Å². The Labute approximate surface area is 112 Å². The van der Waals surface area contributed by atoms with Crippen molar-refractivity contribution in [2.45, 2.75) is 4.90 Å². The molecule has 0 bridgehead atoms.